The number of carbonyl (C=O) groups excluding carboxylic acids is 1. The molecule has 1 saturated heterocycles. The third-order valence-corrected chi connectivity index (χ3v) is 4.32. The number of ketones is 1. The fourth-order valence-electron chi connectivity index (χ4n) is 3.02. The SMILES string of the molecule is CC1Cc2cc(C(=O)CN3CCN(C)CC3)ccc2N1. The van der Waals surface area contributed by atoms with E-state index in [1.54, 1.807) is 0 Å². The molecule has 1 aromatic carbocycles. The van der Waals surface area contributed by atoms with Crippen molar-refractivity contribution >= 4 is 11.5 Å². The highest BCUT2D eigenvalue weighted by Gasteiger charge is 2.20. The monoisotopic (exact) mass is 273 g/mol. The smallest absolute Gasteiger partial charge is 0.176 e. The van der Waals surface area contributed by atoms with Gasteiger partial charge in [-0.2, -0.15) is 0 Å². The van der Waals surface area contributed by atoms with E-state index in [1.807, 2.05) is 6.07 Å². The van der Waals surface area contributed by atoms with Gasteiger partial charge in [0.1, 0.15) is 0 Å². The fraction of sp³-hybridized carbons (Fsp3) is 0.562. The van der Waals surface area contributed by atoms with E-state index in [9.17, 15) is 4.79 Å². The number of hydrogen-bond acceptors (Lipinski definition) is 4. The van der Waals surface area contributed by atoms with Crippen molar-refractivity contribution < 1.29 is 4.79 Å². The summed E-state index contributed by atoms with van der Waals surface area (Å²) in [7, 11) is 2.13. The Balaban J connectivity index is 1.64. The number of piperazine rings is 1. The first kappa shape index (κ1) is 13.6. The van der Waals surface area contributed by atoms with E-state index in [0.29, 0.717) is 12.6 Å². The molecule has 1 aromatic rings. The number of Topliss-reactive ketones (excluding diaryl/α,β-unsaturated/α-hetero) is 1. The first-order valence-corrected chi connectivity index (χ1v) is 7.45. The lowest BCUT2D eigenvalue weighted by Gasteiger charge is -2.31. The Labute approximate surface area is 120 Å². The second kappa shape index (κ2) is 5.54. The molecule has 1 unspecified atom stereocenters. The van der Waals surface area contributed by atoms with Gasteiger partial charge in [0.2, 0.25) is 0 Å². The summed E-state index contributed by atoms with van der Waals surface area (Å²) in [4.78, 5) is 17.0. The number of anilines is 1. The maximum Gasteiger partial charge on any atom is 0.176 e. The Morgan fingerprint density at radius 3 is 2.80 bits per heavy atom. The van der Waals surface area contributed by atoms with Crippen LogP contribution >= 0.6 is 0 Å². The van der Waals surface area contributed by atoms with Gasteiger partial charge in [-0.15, -0.1) is 0 Å². The zero-order valence-electron chi connectivity index (χ0n) is 12.4. The highest BCUT2D eigenvalue weighted by atomic mass is 16.1. The summed E-state index contributed by atoms with van der Waals surface area (Å²) < 4.78 is 0. The van der Waals surface area contributed by atoms with Crippen molar-refractivity contribution in [3.8, 4) is 0 Å². The first-order chi connectivity index (χ1) is 9.61. The summed E-state index contributed by atoms with van der Waals surface area (Å²) in [5, 5.41) is 3.42. The van der Waals surface area contributed by atoms with Gasteiger partial charge in [0.05, 0.1) is 6.54 Å². The van der Waals surface area contributed by atoms with Gasteiger partial charge >= 0.3 is 0 Å². The van der Waals surface area contributed by atoms with Crippen molar-refractivity contribution in [2.45, 2.75) is 19.4 Å². The van der Waals surface area contributed by atoms with Crippen LogP contribution in [0, 0.1) is 0 Å². The summed E-state index contributed by atoms with van der Waals surface area (Å²) in [6, 6.07) is 6.57. The van der Waals surface area contributed by atoms with Crippen LogP contribution in [0.5, 0.6) is 0 Å². The van der Waals surface area contributed by atoms with Crippen molar-refractivity contribution in [2.24, 2.45) is 0 Å². The Hall–Kier alpha value is -1.39. The molecule has 4 heteroatoms. The third-order valence-electron chi connectivity index (χ3n) is 4.32. The lowest BCUT2D eigenvalue weighted by molar-refractivity contribution is 0.0876. The van der Waals surface area contributed by atoms with E-state index in [1.165, 1.54) is 11.3 Å². The van der Waals surface area contributed by atoms with Gasteiger partial charge in [0, 0.05) is 43.5 Å². The maximum atomic E-state index is 12.4. The molecule has 2 heterocycles. The number of nitrogens with zero attached hydrogens (tertiary/aromatic N) is 2. The van der Waals surface area contributed by atoms with Gasteiger partial charge in [-0.25, -0.2) is 0 Å². The number of fused-ring (bicyclic) bond motifs is 1. The number of nitrogens with one attached hydrogen (secondary N) is 1. The van der Waals surface area contributed by atoms with Gasteiger partial charge in [-0.05, 0) is 44.2 Å². The number of hydrogen-bond donors (Lipinski definition) is 1. The molecular weight excluding hydrogens is 250 g/mol. The minimum absolute atomic E-state index is 0.247. The summed E-state index contributed by atoms with van der Waals surface area (Å²) in [5.41, 5.74) is 3.33. The van der Waals surface area contributed by atoms with Crippen LogP contribution in [0.25, 0.3) is 0 Å². The molecule has 2 aliphatic rings. The minimum Gasteiger partial charge on any atom is -0.382 e. The van der Waals surface area contributed by atoms with Crippen LogP contribution in [0.1, 0.15) is 22.8 Å². The third kappa shape index (κ3) is 2.86. The molecule has 20 heavy (non-hydrogen) atoms. The van der Waals surface area contributed by atoms with Gasteiger partial charge < -0.3 is 10.2 Å². The zero-order chi connectivity index (χ0) is 14.1. The maximum absolute atomic E-state index is 12.4. The van der Waals surface area contributed by atoms with Crippen molar-refractivity contribution in [3.05, 3.63) is 29.3 Å². The number of rotatable bonds is 3. The molecule has 0 radical (unpaired) electrons. The number of likely N-dealkylation sites (N-methyl/N-ethyl adjacent to an activating group) is 1. The summed E-state index contributed by atoms with van der Waals surface area (Å²) in [6.45, 7) is 6.82. The van der Waals surface area contributed by atoms with Crippen molar-refractivity contribution in [1.82, 2.24) is 9.80 Å². The molecule has 0 bridgehead atoms. The highest BCUT2D eigenvalue weighted by Crippen LogP contribution is 2.26. The van der Waals surface area contributed by atoms with E-state index < -0.39 is 0 Å². The fourth-order valence-corrected chi connectivity index (χ4v) is 3.02. The molecule has 1 N–H and O–H groups in total. The summed E-state index contributed by atoms with van der Waals surface area (Å²) >= 11 is 0. The second-order valence-corrected chi connectivity index (χ2v) is 6.12. The molecule has 0 amide bonds. The first-order valence-electron chi connectivity index (χ1n) is 7.45. The van der Waals surface area contributed by atoms with Crippen molar-refractivity contribution in [1.29, 1.82) is 0 Å². The second-order valence-electron chi connectivity index (χ2n) is 6.12. The van der Waals surface area contributed by atoms with Crippen molar-refractivity contribution in [2.75, 3.05) is 45.1 Å². The van der Waals surface area contributed by atoms with Crippen LogP contribution < -0.4 is 5.32 Å². The molecule has 4 nitrogen and oxygen atoms in total. The Kier molecular flexibility index (Phi) is 3.76. The van der Waals surface area contributed by atoms with Gasteiger partial charge in [-0.3, -0.25) is 9.69 Å². The van der Waals surface area contributed by atoms with Crippen LogP contribution in [0.15, 0.2) is 18.2 Å². The summed E-state index contributed by atoms with van der Waals surface area (Å²) in [5.74, 6) is 0.247. The molecule has 0 saturated carbocycles. The van der Waals surface area contributed by atoms with Crippen LogP contribution in [0.2, 0.25) is 0 Å². The van der Waals surface area contributed by atoms with Crippen LogP contribution in [-0.2, 0) is 6.42 Å². The topological polar surface area (TPSA) is 35.6 Å². The Morgan fingerprint density at radius 2 is 2.05 bits per heavy atom. The van der Waals surface area contributed by atoms with E-state index in [0.717, 1.165) is 38.2 Å². The van der Waals surface area contributed by atoms with Gasteiger partial charge in [0.25, 0.3) is 0 Å². The molecule has 0 spiro atoms. The molecule has 3 rings (SSSR count). The molecule has 2 aliphatic heterocycles. The van der Waals surface area contributed by atoms with E-state index >= 15 is 0 Å². The van der Waals surface area contributed by atoms with Crippen LogP contribution in [-0.4, -0.2) is 61.4 Å². The largest absolute Gasteiger partial charge is 0.382 e. The number of benzene rings is 1. The molecule has 0 aromatic heterocycles. The Bertz CT molecular complexity index is 506. The molecular formula is C16H23N3O. The highest BCUT2D eigenvalue weighted by molar-refractivity contribution is 5.98. The number of carbonyl (C=O) groups is 1. The lowest BCUT2D eigenvalue weighted by Crippen LogP contribution is -2.46. The molecule has 0 aliphatic carbocycles. The van der Waals surface area contributed by atoms with E-state index in [-0.39, 0.29) is 5.78 Å². The van der Waals surface area contributed by atoms with Crippen molar-refractivity contribution in [3.63, 3.8) is 0 Å². The Morgan fingerprint density at radius 1 is 1.30 bits per heavy atom. The molecule has 1 fully saturated rings. The van der Waals surface area contributed by atoms with E-state index in [4.69, 9.17) is 0 Å². The van der Waals surface area contributed by atoms with Gasteiger partial charge in [-0.1, -0.05) is 0 Å². The molecule has 1 atom stereocenters. The lowest BCUT2D eigenvalue weighted by atomic mass is 10.0. The predicted octanol–water partition coefficient (Wildman–Crippen LogP) is 1.47. The van der Waals surface area contributed by atoms with Crippen LogP contribution in [0.4, 0.5) is 5.69 Å². The standard InChI is InChI=1S/C16H23N3O/c1-12-9-14-10-13(3-4-15(14)17-12)16(20)11-19-7-5-18(2)6-8-19/h3-4,10,12,17H,5-9,11H2,1-2H3. The minimum atomic E-state index is 0.247. The normalized spacial score (nSPS) is 23.4. The quantitative estimate of drug-likeness (QED) is 0.846. The van der Waals surface area contributed by atoms with Crippen LogP contribution in [0.3, 0.4) is 0 Å². The van der Waals surface area contributed by atoms with E-state index in [2.05, 4.69) is 41.2 Å². The molecule has 108 valence electrons. The zero-order valence-corrected chi connectivity index (χ0v) is 12.4. The predicted molar refractivity (Wildman–Crippen MR) is 81.5 cm³/mol. The average Bonchev–Trinajstić information content (AvgIpc) is 2.80. The average molecular weight is 273 g/mol. The van der Waals surface area contributed by atoms with Gasteiger partial charge in [0.15, 0.2) is 5.78 Å². The summed E-state index contributed by atoms with van der Waals surface area (Å²) in [6.07, 6.45) is 1.02.